The van der Waals surface area contributed by atoms with Crippen LogP contribution in [0, 0.1) is 0 Å². The van der Waals surface area contributed by atoms with Crippen LogP contribution < -0.4 is 15.7 Å². The molecule has 2 aromatic carbocycles. The fraction of sp³-hybridized carbons (Fsp3) is 0.448. The van der Waals surface area contributed by atoms with Crippen LogP contribution in [0.5, 0.6) is 11.8 Å². The first-order chi connectivity index (χ1) is 17.6. The van der Waals surface area contributed by atoms with Crippen molar-refractivity contribution in [2.45, 2.75) is 84.0 Å². The van der Waals surface area contributed by atoms with Crippen molar-refractivity contribution in [1.29, 1.82) is 0 Å². The molecule has 1 N–H and O–H groups in total. The van der Waals surface area contributed by atoms with Crippen LogP contribution in [0.2, 0.25) is 0 Å². The van der Waals surface area contributed by atoms with Crippen molar-refractivity contribution in [1.82, 2.24) is 14.9 Å². The summed E-state index contributed by atoms with van der Waals surface area (Å²) in [5.41, 5.74) is 2.59. The van der Waals surface area contributed by atoms with Crippen molar-refractivity contribution in [3.63, 3.8) is 0 Å². The van der Waals surface area contributed by atoms with Crippen LogP contribution in [0.15, 0.2) is 59.9 Å². The topological polar surface area (TPSA) is 86.1 Å². The Hall–Kier alpha value is -3.48. The van der Waals surface area contributed by atoms with Gasteiger partial charge < -0.3 is 4.74 Å². The van der Waals surface area contributed by atoms with Crippen molar-refractivity contribution in [2.24, 2.45) is 0 Å². The molecule has 7 nitrogen and oxygen atoms in total. The smallest absolute Gasteiger partial charge is 0.344 e. The normalized spacial score (nSPS) is 10.9. The second kappa shape index (κ2) is 14.8. The second-order valence-electron chi connectivity index (χ2n) is 9.12. The van der Waals surface area contributed by atoms with E-state index >= 15 is 0 Å². The minimum absolute atomic E-state index is 0.0556. The number of nitrogens with one attached hydrogen (secondary N) is 1. The number of ether oxygens (including phenoxy) is 1. The summed E-state index contributed by atoms with van der Waals surface area (Å²) in [5.74, 6) is 0.244. The maximum Gasteiger partial charge on any atom is 0.344 e. The zero-order chi connectivity index (χ0) is 25.6. The lowest BCUT2D eigenvalue weighted by molar-refractivity contribution is -0.117. The average Bonchev–Trinajstić information content (AvgIpc) is 2.88. The number of aryl methyl sites for hydroxylation is 1. The zero-order valence-electron chi connectivity index (χ0n) is 21.4. The van der Waals surface area contributed by atoms with Crippen molar-refractivity contribution in [3.05, 3.63) is 71.2 Å². The summed E-state index contributed by atoms with van der Waals surface area (Å²) in [7, 11) is 0. The molecule has 1 aromatic heterocycles. The quantitative estimate of drug-likeness (QED) is 0.178. The lowest BCUT2D eigenvalue weighted by Gasteiger charge is -2.14. The largest absolute Gasteiger partial charge is 0.423 e. The van der Waals surface area contributed by atoms with E-state index < -0.39 is 5.56 Å². The second-order valence-corrected chi connectivity index (χ2v) is 9.12. The van der Waals surface area contributed by atoms with Crippen molar-refractivity contribution >= 4 is 16.7 Å². The van der Waals surface area contributed by atoms with E-state index in [1.54, 1.807) is 6.07 Å². The summed E-state index contributed by atoms with van der Waals surface area (Å²) in [6.07, 6.45) is 13.8. The van der Waals surface area contributed by atoms with E-state index in [4.69, 9.17) is 4.74 Å². The molecule has 0 unspecified atom stereocenters. The fourth-order valence-corrected chi connectivity index (χ4v) is 4.11. The van der Waals surface area contributed by atoms with Crippen LogP contribution in [0.25, 0.3) is 10.8 Å². The number of benzene rings is 2. The van der Waals surface area contributed by atoms with Gasteiger partial charge in [0.15, 0.2) is 0 Å². The highest BCUT2D eigenvalue weighted by molar-refractivity contribution is 5.84. The number of hydrogen-bond acceptors (Lipinski definition) is 5. The Labute approximate surface area is 213 Å². The predicted octanol–water partition coefficient (Wildman–Crippen LogP) is 6.69. The van der Waals surface area contributed by atoms with Gasteiger partial charge in [0, 0.05) is 6.42 Å². The molecule has 0 bridgehead atoms. The number of carbonyl (C=O) groups excluding carboxylic acids is 1. The highest BCUT2D eigenvalue weighted by Crippen LogP contribution is 2.24. The maximum atomic E-state index is 13.2. The highest BCUT2D eigenvalue weighted by atomic mass is 16.5. The van der Waals surface area contributed by atoms with Gasteiger partial charge in [-0.1, -0.05) is 87.0 Å². The molecule has 36 heavy (non-hydrogen) atoms. The molecule has 0 radical (unpaired) electrons. The highest BCUT2D eigenvalue weighted by Gasteiger charge is 2.16. The summed E-state index contributed by atoms with van der Waals surface area (Å²) >= 11 is 0. The van der Waals surface area contributed by atoms with E-state index in [1.165, 1.54) is 32.1 Å². The van der Waals surface area contributed by atoms with E-state index in [2.05, 4.69) is 22.2 Å². The summed E-state index contributed by atoms with van der Waals surface area (Å²) in [5, 5.41) is 10.4. The SMILES string of the molecule is C=CCCCCCCCCCCc1nnc(Oc2ccc3ccccc3c2)n(NC(=O)CCC)c1=O. The van der Waals surface area contributed by atoms with Crippen LogP contribution in [0.3, 0.4) is 0 Å². The molecule has 0 saturated heterocycles. The fourth-order valence-electron chi connectivity index (χ4n) is 4.11. The number of carbonyl (C=O) groups is 1. The van der Waals surface area contributed by atoms with Gasteiger partial charge in [-0.25, -0.2) is 0 Å². The van der Waals surface area contributed by atoms with Crippen LogP contribution in [-0.4, -0.2) is 20.8 Å². The summed E-state index contributed by atoms with van der Waals surface area (Å²) in [6, 6.07) is 13.5. The molecule has 0 aliphatic heterocycles. The van der Waals surface area contributed by atoms with E-state index in [9.17, 15) is 9.59 Å². The Balaban J connectivity index is 1.63. The predicted molar refractivity (Wildman–Crippen MR) is 145 cm³/mol. The summed E-state index contributed by atoms with van der Waals surface area (Å²) < 4.78 is 7.00. The van der Waals surface area contributed by atoms with E-state index in [1.807, 2.05) is 49.4 Å². The van der Waals surface area contributed by atoms with E-state index in [-0.39, 0.29) is 11.9 Å². The number of amides is 1. The Morgan fingerprint density at radius 2 is 1.67 bits per heavy atom. The number of hydrogen-bond donors (Lipinski definition) is 1. The molecule has 192 valence electrons. The van der Waals surface area contributed by atoms with Crippen LogP contribution in [-0.2, 0) is 11.2 Å². The van der Waals surface area contributed by atoms with Gasteiger partial charge in [-0.2, -0.15) is 4.68 Å². The summed E-state index contributed by atoms with van der Waals surface area (Å²) in [4.78, 5) is 25.5. The number of rotatable bonds is 16. The molecule has 7 heteroatoms. The van der Waals surface area contributed by atoms with Gasteiger partial charge in [0.2, 0.25) is 5.91 Å². The Morgan fingerprint density at radius 1 is 0.972 bits per heavy atom. The zero-order valence-corrected chi connectivity index (χ0v) is 21.4. The maximum absolute atomic E-state index is 13.2. The number of unbranched alkanes of at least 4 members (excludes halogenated alkanes) is 8. The van der Waals surface area contributed by atoms with Crippen LogP contribution >= 0.6 is 0 Å². The molecule has 0 spiro atoms. The third-order valence-electron chi connectivity index (χ3n) is 6.11. The van der Waals surface area contributed by atoms with Gasteiger partial charge in [-0.3, -0.25) is 15.0 Å². The number of allylic oxidation sites excluding steroid dienone is 1. The molecule has 0 atom stereocenters. The first kappa shape index (κ1) is 27.1. The van der Waals surface area contributed by atoms with Gasteiger partial charge in [-0.15, -0.1) is 11.7 Å². The first-order valence-electron chi connectivity index (χ1n) is 13.2. The number of nitrogens with zero attached hydrogens (tertiary/aromatic N) is 3. The van der Waals surface area contributed by atoms with Crippen LogP contribution in [0.4, 0.5) is 0 Å². The number of aromatic nitrogens is 3. The number of fused-ring (bicyclic) bond motifs is 1. The van der Waals surface area contributed by atoms with Gasteiger partial charge in [0.05, 0.1) is 0 Å². The van der Waals surface area contributed by atoms with E-state index in [0.717, 1.165) is 41.1 Å². The lowest BCUT2D eigenvalue weighted by Crippen LogP contribution is -2.37. The van der Waals surface area contributed by atoms with Crippen molar-refractivity contribution in [3.8, 4) is 11.8 Å². The molecule has 3 rings (SSSR count). The third-order valence-corrected chi connectivity index (χ3v) is 6.11. The van der Waals surface area contributed by atoms with Gasteiger partial charge in [0.25, 0.3) is 5.56 Å². The Kier molecular flexibility index (Phi) is 11.2. The molecule has 1 heterocycles. The Morgan fingerprint density at radius 3 is 2.39 bits per heavy atom. The molecule has 1 amide bonds. The van der Waals surface area contributed by atoms with Gasteiger partial charge >= 0.3 is 6.01 Å². The molecule has 0 aliphatic carbocycles. The standard InChI is InChI=1S/C29H38N4O3/c1-3-5-6-7-8-9-10-11-12-13-19-26-28(35)33(32-27(34)16-4-2)29(31-30-26)36-25-21-20-23-17-14-15-18-24(23)22-25/h3,14-15,17-18,20-22H,1,4-13,16,19H2,2H3,(H,32,34). The molecule has 0 fully saturated rings. The first-order valence-corrected chi connectivity index (χ1v) is 13.2. The van der Waals surface area contributed by atoms with Gasteiger partial charge in [0.1, 0.15) is 11.4 Å². The van der Waals surface area contributed by atoms with Gasteiger partial charge in [-0.05, 0) is 55.0 Å². The lowest BCUT2D eigenvalue weighted by atomic mass is 10.1. The minimum Gasteiger partial charge on any atom is -0.423 e. The molecular formula is C29H38N4O3. The third kappa shape index (κ3) is 8.33. The molecule has 0 aliphatic rings. The van der Waals surface area contributed by atoms with E-state index in [0.29, 0.717) is 30.7 Å². The molecular weight excluding hydrogens is 452 g/mol. The minimum atomic E-state index is -0.396. The monoisotopic (exact) mass is 490 g/mol. The Bertz CT molecular complexity index is 1190. The van der Waals surface area contributed by atoms with Crippen LogP contribution in [0.1, 0.15) is 83.2 Å². The van der Waals surface area contributed by atoms with Crippen molar-refractivity contribution in [2.75, 3.05) is 5.43 Å². The summed E-state index contributed by atoms with van der Waals surface area (Å²) in [6.45, 7) is 5.67. The molecule has 0 saturated carbocycles. The molecule has 3 aromatic rings. The average molecular weight is 491 g/mol. The van der Waals surface area contributed by atoms with Crippen molar-refractivity contribution < 1.29 is 9.53 Å².